The molecule has 1 fully saturated rings. The smallest absolute Gasteiger partial charge is 0.263 e. The first-order valence-electron chi connectivity index (χ1n) is 5.47. The molecular formula is C12H8ClNO3S2. The number of ether oxygens (including phenoxy) is 2. The SMILES string of the molecule is O=C1NC(=S)S/C1=C\c1cc(Cl)c2c(c1)OCCO2. The Kier molecular flexibility index (Phi) is 3.38. The lowest BCUT2D eigenvalue weighted by Crippen LogP contribution is -2.17. The van der Waals surface area contributed by atoms with E-state index < -0.39 is 0 Å². The second-order valence-electron chi connectivity index (χ2n) is 3.88. The molecule has 0 saturated carbocycles. The van der Waals surface area contributed by atoms with Gasteiger partial charge < -0.3 is 14.8 Å². The van der Waals surface area contributed by atoms with Crippen LogP contribution < -0.4 is 14.8 Å². The highest BCUT2D eigenvalue weighted by atomic mass is 35.5. The van der Waals surface area contributed by atoms with Crippen molar-refractivity contribution < 1.29 is 14.3 Å². The Balaban J connectivity index is 1.98. The Morgan fingerprint density at radius 1 is 1.37 bits per heavy atom. The summed E-state index contributed by atoms with van der Waals surface area (Å²) >= 11 is 12.3. The summed E-state index contributed by atoms with van der Waals surface area (Å²) in [5.41, 5.74) is 0.775. The summed E-state index contributed by atoms with van der Waals surface area (Å²) in [5.74, 6) is 0.951. The monoisotopic (exact) mass is 313 g/mol. The molecule has 2 aliphatic heterocycles. The zero-order valence-electron chi connectivity index (χ0n) is 9.57. The number of benzene rings is 1. The molecule has 19 heavy (non-hydrogen) atoms. The maximum atomic E-state index is 11.6. The number of fused-ring (bicyclic) bond motifs is 1. The van der Waals surface area contributed by atoms with Crippen LogP contribution in [0.25, 0.3) is 6.08 Å². The van der Waals surface area contributed by atoms with Gasteiger partial charge in [0, 0.05) is 0 Å². The van der Waals surface area contributed by atoms with Gasteiger partial charge in [-0.15, -0.1) is 0 Å². The van der Waals surface area contributed by atoms with Crippen LogP contribution in [0.4, 0.5) is 0 Å². The lowest BCUT2D eigenvalue weighted by molar-refractivity contribution is -0.115. The van der Waals surface area contributed by atoms with E-state index in [1.54, 1.807) is 18.2 Å². The van der Waals surface area contributed by atoms with Crippen molar-refractivity contribution in [2.24, 2.45) is 0 Å². The Hall–Kier alpha value is -1.24. The van der Waals surface area contributed by atoms with Gasteiger partial charge in [0.1, 0.15) is 17.5 Å². The van der Waals surface area contributed by atoms with Gasteiger partial charge in [-0.3, -0.25) is 4.79 Å². The fraction of sp³-hybridized carbons (Fsp3) is 0.167. The van der Waals surface area contributed by atoms with Crippen molar-refractivity contribution in [3.63, 3.8) is 0 Å². The second kappa shape index (κ2) is 5.03. The van der Waals surface area contributed by atoms with Gasteiger partial charge >= 0.3 is 0 Å². The minimum Gasteiger partial charge on any atom is -0.486 e. The van der Waals surface area contributed by atoms with Crippen molar-refractivity contribution >= 4 is 51.9 Å². The van der Waals surface area contributed by atoms with Crippen molar-refractivity contribution in [3.05, 3.63) is 27.6 Å². The molecule has 0 spiro atoms. The molecule has 7 heteroatoms. The van der Waals surface area contributed by atoms with E-state index in [0.29, 0.717) is 39.0 Å². The molecule has 1 aromatic carbocycles. The molecule has 1 aromatic rings. The van der Waals surface area contributed by atoms with Gasteiger partial charge in [0.15, 0.2) is 11.5 Å². The summed E-state index contributed by atoms with van der Waals surface area (Å²) in [5, 5.41) is 3.03. The van der Waals surface area contributed by atoms with Gasteiger partial charge in [-0.05, 0) is 23.8 Å². The van der Waals surface area contributed by atoms with Crippen LogP contribution in [0, 0.1) is 0 Å². The van der Waals surface area contributed by atoms with E-state index in [0.717, 1.165) is 5.56 Å². The molecule has 0 bridgehead atoms. The molecule has 98 valence electrons. The molecular weight excluding hydrogens is 306 g/mol. The molecule has 0 aliphatic carbocycles. The van der Waals surface area contributed by atoms with Crippen molar-refractivity contribution in [2.75, 3.05) is 13.2 Å². The number of amides is 1. The van der Waals surface area contributed by atoms with Crippen LogP contribution in [0.2, 0.25) is 5.02 Å². The van der Waals surface area contributed by atoms with Crippen LogP contribution in [-0.4, -0.2) is 23.4 Å². The molecule has 1 N–H and O–H groups in total. The van der Waals surface area contributed by atoms with Crippen LogP contribution in [0.15, 0.2) is 17.0 Å². The molecule has 4 nitrogen and oxygen atoms in total. The first kappa shape index (κ1) is 12.8. The predicted octanol–water partition coefficient (Wildman–Crippen LogP) is 2.60. The normalized spacial score (nSPS) is 19.7. The largest absolute Gasteiger partial charge is 0.486 e. The number of nitrogens with one attached hydrogen (secondary N) is 1. The molecule has 2 heterocycles. The van der Waals surface area contributed by atoms with E-state index in [1.165, 1.54) is 11.8 Å². The summed E-state index contributed by atoms with van der Waals surface area (Å²) < 4.78 is 11.4. The fourth-order valence-electron chi connectivity index (χ4n) is 1.79. The summed E-state index contributed by atoms with van der Waals surface area (Å²) in [6.07, 6.45) is 1.73. The fourth-order valence-corrected chi connectivity index (χ4v) is 3.10. The molecule has 2 aliphatic rings. The van der Waals surface area contributed by atoms with Crippen molar-refractivity contribution in [1.82, 2.24) is 5.32 Å². The minimum absolute atomic E-state index is 0.194. The number of thioether (sulfide) groups is 1. The third-order valence-corrected chi connectivity index (χ3v) is 4.00. The summed E-state index contributed by atoms with van der Waals surface area (Å²) in [7, 11) is 0. The molecule has 0 unspecified atom stereocenters. The number of hydrogen-bond acceptors (Lipinski definition) is 5. The molecule has 3 rings (SSSR count). The van der Waals surface area contributed by atoms with Gasteiger partial charge in [0.2, 0.25) is 0 Å². The van der Waals surface area contributed by atoms with Gasteiger partial charge in [0.05, 0.1) is 9.93 Å². The topological polar surface area (TPSA) is 47.6 Å². The average molecular weight is 314 g/mol. The molecule has 0 atom stereocenters. The first-order chi connectivity index (χ1) is 9.13. The summed E-state index contributed by atoms with van der Waals surface area (Å²) in [4.78, 5) is 12.1. The van der Waals surface area contributed by atoms with Gasteiger partial charge in [0.25, 0.3) is 5.91 Å². The number of hydrogen-bond donors (Lipinski definition) is 1. The van der Waals surface area contributed by atoms with E-state index in [4.69, 9.17) is 33.3 Å². The van der Waals surface area contributed by atoms with Crippen molar-refractivity contribution in [3.8, 4) is 11.5 Å². The van der Waals surface area contributed by atoms with Crippen LogP contribution in [-0.2, 0) is 4.79 Å². The third-order valence-electron chi connectivity index (χ3n) is 2.56. The highest BCUT2D eigenvalue weighted by molar-refractivity contribution is 8.26. The van der Waals surface area contributed by atoms with Gasteiger partial charge in [-0.2, -0.15) is 0 Å². The Labute approximate surface area is 124 Å². The summed E-state index contributed by atoms with van der Waals surface area (Å²) in [6, 6.07) is 3.53. The third kappa shape index (κ3) is 2.56. The zero-order valence-corrected chi connectivity index (χ0v) is 12.0. The van der Waals surface area contributed by atoms with Crippen LogP contribution >= 0.6 is 35.6 Å². The van der Waals surface area contributed by atoms with Crippen LogP contribution in [0.3, 0.4) is 0 Å². The minimum atomic E-state index is -0.194. The molecule has 0 aromatic heterocycles. The van der Waals surface area contributed by atoms with E-state index >= 15 is 0 Å². The molecule has 1 amide bonds. The summed E-state index contributed by atoms with van der Waals surface area (Å²) in [6.45, 7) is 0.975. The highest BCUT2D eigenvalue weighted by Gasteiger charge is 2.23. The van der Waals surface area contributed by atoms with Crippen LogP contribution in [0.5, 0.6) is 11.5 Å². The van der Waals surface area contributed by atoms with E-state index in [1.807, 2.05) is 0 Å². The average Bonchev–Trinajstić information content (AvgIpc) is 2.68. The molecule has 1 saturated heterocycles. The maximum absolute atomic E-state index is 11.6. The van der Waals surface area contributed by atoms with Crippen LogP contribution in [0.1, 0.15) is 5.56 Å². The number of halogens is 1. The first-order valence-corrected chi connectivity index (χ1v) is 7.08. The number of carbonyl (C=O) groups excluding carboxylic acids is 1. The van der Waals surface area contributed by atoms with Gasteiger partial charge in [-0.25, -0.2) is 0 Å². The lowest BCUT2D eigenvalue weighted by atomic mass is 10.1. The standard InChI is InChI=1S/C12H8ClNO3S2/c13-7-3-6(4-8-10(7)17-2-1-16-8)5-9-11(15)14-12(18)19-9/h3-5H,1-2H2,(H,14,15,18)/b9-5-. The maximum Gasteiger partial charge on any atom is 0.263 e. The Morgan fingerprint density at radius 3 is 2.89 bits per heavy atom. The molecule has 0 radical (unpaired) electrons. The van der Waals surface area contributed by atoms with Gasteiger partial charge in [-0.1, -0.05) is 35.6 Å². The Bertz CT molecular complexity index is 615. The predicted molar refractivity (Wildman–Crippen MR) is 78.8 cm³/mol. The Morgan fingerprint density at radius 2 is 2.16 bits per heavy atom. The number of rotatable bonds is 1. The van der Waals surface area contributed by atoms with Crippen molar-refractivity contribution in [2.45, 2.75) is 0 Å². The lowest BCUT2D eigenvalue weighted by Gasteiger charge is -2.19. The highest BCUT2D eigenvalue weighted by Crippen LogP contribution is 2.39. The number of thiocarbonyl (C=S) groups is 1. The van der Waals surface area contributed by atoms with E-state index in [-0.39, 0.29) is 5.91 Å². The quantitative estimate of drug-likeness (QED) is 0.638. The van der Waals surface area contributed by atoms with E-state index in [9.17, 15) is 4.79 Å². The second-order valence-corrected chi connectivity index (χ2v) is 6.01. The van der Waals surface area contributed by atoms with Crippen molar-refractivity contribution in [1.29, 1.82) is 0 Å². The van der Waals surface area contributed by atoms with E-state index in [2.05, 4.69) is 5.32 Å². The zero-order chi connectivity index (χ0) is 13.4. The number of carbonyl (C=O) groups is 1.